The molecule has 5 heteroatoms. The molecule has 4 nitrogen and oxygen atoms in total. The van der Waals surface area contributed by atoms with Gasteiger partial charge in [0.15, 0.2) is 0 Å². The summed E-state index contributed by atoms with van der Waals surface area (Å²) in [5, 5.41) is 5.18. The molecule has 0 spiro atoms. The van der Waals surface area contributed by atoms with Crippen molar-refractivity contribution < 1.29 is 9.53 Å². The van der Waals surface area contributed by atoms with Gasteiger partial charge in [-0.3, -0.25) is 4.79 Å². The average Bonchev–Trinajstić information content (AvgIpc) is 3.45. The predicted molar refractivity (Wildman–Crippen MR) is 173 cm³/mol. The van der Waals surface area contributed by atoms with Crippen LogP contribution in [0.25, 0.3) is 0 Å². The van der Waals surface area contributed by atoms with Crippen molar-refractivity contribution in [1.82, 2.24) is 4.90 Å². The number of nitrogens with zero attached hydrogens (tertiary/aromatic N) is 1. The van der Waals surface area contributed by atoms with Crippen molar-refractivity contribution in [2.45, 2.75) is 117 Å². The number of anilines is 1. The van der Waals surface area contributed by atoms with Gasteiger partial charge in [-0.25, -0.2) is 0 Å². The fourth-order valence-corrected chi connectivity index (χ4v) is 5.76. The lowest BCUT2D eigenvalue weighted by Gasteiger charge is -2.24. The van der Waals surface area contributed by atoms with E-state index in [1.165, 1.54) is 76.2 Å². The van der Waals surface area contributed by atoms with Crippen molar-refractivity contribution in [3.8, 4) is 5.75 Å². The van der Waals surface area contributed by atoms with Crippen LogP contribution in [0.15, 0.2) is 54.1 Å². The highest BCUT2D eigenvalue weighted by Crippen LogP contribution is 2.33. The minimum atomic E-state index is -0.119. The Morgan fingerprint density at radius 3 is 2.08 bits per heavy atom. The predicted octanol–water partition coefficient (Wildman–Crippen LogP) is 10.3. The largest absolute Gasteiger partial charge is 0.493 e. The molecule has 0 aliphatic carbocycles. The van der Waals surface area contributed by atoms with E-state index in [4.69, 9.17) is 4.74 Å². The molecule has 0 radical (unpaired) electrons. The molecule has 0 aromatic heterocycles. The maximum absolute atomic E-state index is 13.1. The molecular weight excluding hydrogens is 512 g/mol. The van der Waals surface area contributed by atoms with Crippen molar-refractivity contribution in [3.63, 3.8) is 0 Å². The SMILES string of the molecule is CCCCCCCCCCCCCCOc1ccc(C(=O)Nc2ccc(CN3C=CSC3)cc2)cc1C(C)(C)C. The van der Waals surface area contributed by atoms with Gasteiger partial charge in [0, 0.05) is 29.6 Å². The summed E-state index contributed by atoms with van der Waals surface area (Å²) in [6.45, 7) is 10.4. The molecule has 1 N–H and O–H groups in total. The fraction of sp³-hybridized carbons (Fsp3) is 0.571. The molecule has 1 aliphatic rings. The van der Waals surface area contributed by atoms with Crippen LogP contribution in [0, 0.1) is 0 Å². The first-order valence-electron chi connectivity index (χ1n) is 15.6. The lowest BCUT2D eigenvalue weighted by molar-refractivity contribution is 0.102. The minimum Gasteiger partial charge on any atom is -0.493 e. The normalized spacial score (nSPS) is 13.2. The topological polar surface area (TPSA) is 41.6 Å². The van der Waals surface area contributed by atoms with E-state index in [0.29, 0.717) is 5.56 Å². The number of carbonyl (C=O) groups excluding carboxylic acids is 1. The molecule has 2 aromatic rings. The monoisotopic (exact) mass is 564 g/mol. The Hall–Kier alpha value is -2.40. The zero-order valence-electron chi connectivity index (χ0n) is 25.5. The molecular formula is C35H52N2O2S. The van der Waals surface area contributed by atoms with Crippen LogP contribution in [-0.4, -0.2) is 23.3 Å². The van der Waals surface area contributed by atoms with E-state index in [-0.39, 0.29) is 11.3 Å². The lowest BCUT2D eigenvalue weighted by atomic mass is 9.85. The number of ether oxygens (including phenoxy) is 1. The Morgan fingerprint density at radius 2 is 1.50 bits per heavy atom. The van der Waals surface area contributed by atoms with E-state index >= 15 is 0 Å². The highest BCUT2D eigenvalue weighted by Gasteiger charge is 2.21. The second-order valence-corrected chi connectivity index (χ2v) is 13.0. The first-order valence-corrected chi connectivity index (χ1v) is 16.6. The van der Waals surface area contributed by atoms with Crippen molar-refractivity contribution in [3.05, 3.63) is 70.8 Å². The number of carbonyl (C=O) groups is 1. The summed E-state index contributed by atoms with van der Waals surface area (Å²) in [4.78, 5) is 15.4. The maximum atomic E-state index is 13.1. The Bertz CT molecular complexity index is 1040. The van der Waals surface area contributed by atoms with Crippen LogP contribution >= 0.6 is 11.8 Å². The number of thioether (sulfide) groups is 1. The molecule has 1 aliphatic heterocycles. The molecule has 1 heterocycles. The van der Waals surface area contributed by atoms with Gasteiger partial charge >= 0.3 is 0 Å². The van der Waals surface area contributed by atoms with Crippen molar-refractivity contribution in [2.24, 2.45) is 0 Å². The smallest absolute Gasteiger partial charge is 0.255 e. The average molecular weight is 565 g/mol. The molecule has 40 heavy (non-hydrogen) atoms. The zero-order chi connectivity index (χ0) is 28.6. The van der Waals surface area contributed by atoms with Gasteiger partial charge in [0.1, 0.15) is 5.75 Å². The number of unbranched alkanes of at least 4 members (excludes halogenated alkanes) is 11. The number of rotatable bonds is 18. The van der Waals surface area contributed by atoms with Gasteiger partial charge in [0.25, 0.3) is 5.91 Å². The van der Waals surface area contributed by atoms with Gasteiger partial charge in [-0.15, -0.1) is 11.8 Å². The Labute approximate surface area is 248 Å². The third kappa shape index (κ3) is 11.6. The Morgan fingerprint density at radius 1 is 0.875 bits per heavy atom. The summed E-state index contributed by atoms with van der Waals surface area (Å²) in [7, 11) is 0. The summed E-state index contributed by atoms with van der Waals surface area (Å²) in [6.07, 6.45) is 18.2. The quantitative estimate of drug-likeness (QED) is 0.183. The third-order valence-electron chi connectivity index (χ3n) is 7.51. The molecule has 0 saturated carbocycles. The van der Waals surface area contributed by atoms with E-state index < -0.39 is 0 Å². The summed E-state index contributed by atoms with van der Waals surface area (Å²) < 4.78 is 6.23. The van der Waals surface area contributed by atoms with Crippen LogP contribution in [0.5, 0.6) is 5.75 Å². The van der Waals surface area contributed by atoms with Crippen molar-refractivity contribution >= 4 is 23.4 Å². The standard InChI is InChI=1S/C35H52N2O2S/c1-5-6-7-8-9-10-11-12-13-14-15-16-24-39-33-22-19-30(26-32(33)35(2,3)4)34(38)36-31-20-17-29(18-21-31)27-37-23-25-40-28-37/h17-23,25-26H,5-16,24,27-28H2,1-4H3,(H,36,38). The van der Waals surface area contributed by atoms with Crippen LogP contribution in [0.2, 0.25) is 0 Å². The second kappa shape index (κ2) is 17.4. The summed E-state index contributed by atoms with van der Waals surface area (Å²) in [5.74, 6) is 1.79. The molecule has 1 amide bonds. The summed E-state index contributed by atoms with van der Waals surface area (Å²) in [5.41, 5.74) is 3.66. The number of nitrogens with one attached hydrogen (secondary N) is 1. The van der Waals surface area contributed by atoms with Crippen LogP contribution in [0.3, 0.4) is 0 Å². The molecule has 0 saturated heterocycles. The second-order valence-electron chi connectivity index (χ2n) is 12.2. The van der Waals surface area contributed by atoms with E-state index in [2.05, 4.69) is 61.7 Å². The molecule has 0 atom stereocenters. The number of hydrogen-bond donors (Lipinski definition) is 1. The first-order chi connectivity index (χ1) is 19.4. The number of amides is 1. The zero-order valence-corrected chi connectivity index (χ0v) is 26.3. The molecule has 0 bridgehead atoms. The van der Waals surface area contributed by atoms with Crippen LogP contribution in [0.4, 0.5) is 5.69 Å². The fourth-order valence-electron chi connectivity index (χ4n) is 5.05. The van der Waals surface area contributed by atoms with E-state index in [0.717, 1.165) is 42.4 Å². The van der Waals surface area contributed by atoms with Gasteiger partial charge in [-0.05, 0) is 53.1 Å². The van der Waals surface area contributed by atoms with Gasteiger partial charge in [0.05, 0.1) is 12.5 Å². The number of benzene rings is 2. The van der Waals surface area contributed by atoms with Gasteiger partial charge in [0.2, 0.25) is 0 Å². The Kier molecular flexibility index (Phi) is 14.0. The van der Waals surface area contributed by atoms with Crippen LogP contribution in [-0.2, 0) is 12.0 Å². The summed E-state index contributed by atoms with van der Waals surface area (Å²) >= 11 is 1.81. The van der Waals surface area contributed by atoms with Crippen molar-refractivity contribution in [2.75, 3.05) is 17.8 Å². The Balaban J connectivity index is 1.40. The van der Waals surface area contributed by atoms with E-state index in [1.54, 1.807) is 11.8 Å². The van der Waals surface area contributed by atoms with Gasteiger partial charge in [-0.2, -0.15) is 0 Å². The highest BCUT2D eigenvalue weighted by atomic mass is 32.2. The first kappa shape index (κ1) is 32.1. The van der Waals surface area contributed by atoms with E-state index in [9.17, 15) is 4.79 Å². The van der Waals surface area contributed by atoms with Gasteiger partial charge in [-0.1, -0.05) is 110 Å². The van der Waals surface area contributed by atoms with Crippen LogP contribution < -0.4 is 10.1 Å². The highest BCUT2D eigenvalue weighted by molar-refractivity contribution is 8.02. The minimum absolute atomic E-state index is 0.0929. The van der Waals surface area contributed by atoms with Crippen LogP contribution in [0.1, 0.15) is 126 Å². The molecule has 3 rings (SSSR count). The molecule has 2 aromatic carbocycles. The summed E-state index contributed by atoms with van der Waals surface area (Å²) in [6, 6.07) is 14.0. The molecule has 0 fully saturated rings. The number of hydrogen-bond acceptors (Lipinski definition) is 4. The third-order valence-corrected chi connectivity index (χ3v) is 8.31. The van der Waals surface area contributed by atoms with E-state index in [1.807, 2.05) is 30.3 Å². The van der Waals surface area contributed by atoms with Crippen molar-refractivity contribution in [1.29, 1.82) is 0 Å². The molecule has 0 unspecified atom stereocenters. The lowest BCUT2D eigenvalue weighted by Crippen LogP contribution is -2.17. The molecule has 220 valence electrons. The maximum Gasteiger partial charge on any atom is 0.255 e. The van der Waals surface area contributed by atoms with Gasteiger partial charge < -0.3 is 15.0 Å².